The molecule has 17 heavy (non-hydrogen) atoms. The number of hydrogen-bond donors (Lipinski definition) is 6. The zero-order valence-corrected chi connectivity index (χ0v) is 9.41. The molecule has 0 rings (SSSR count). The summed E-state index contributed by atoms with van der Waals surface area (Å²) >= 11 is 0. The molecule has 102 valence electrons. The fraction of sp³-hybridized carbons (Fsp3) is 0.778. The van der Waals surface area contributed by atoms with E-state index >= 15 is 0 Å². The monoisotopic (exact) mass is 254 g/mol. The molecule has 0 saturated heterocycles. The summed E-state index contributed by atoms with van der Waals surface area (Å²) in [5, 5.41) is 49.4. The van der Waals surface area contributed by atoms with E-state index in [2.05, 4.69) is 0 Å². The first-order valence-corrected chi connectivity index (χ1v) is 4.78. The Morgan fingerprint density at radius 3 is 1.53 bits per heavy atom. The van der Waals surface area contributed by atoms with E-state index in [0.29, 0.717) is 0 Å². The highest BCUT2D eigenvalue weighted by atomic mass is 16.4. The Morgan fingerprint density at radius 1 is 1.12 bits per heavy atom. The van der Waals surface area contributed by atoms with Gasteiger partial charge in [-0.15, -0.1) is 0 Å². The van der Waals surface area contributed by atoms with E-state index in [4.69, 9.17) is 30.6 Å². The van der Waals surface area contributed by atoms with E-state index < -0.39 is 43.3 Å². The largest absolute Gasteiger partial charge is 0.481 e. The van der Waals surface area contributed by atoms with Crippen LogP contribution in [0.4, 0.5) is 0 Å². The van der Waals surface area contributed by atoms with Gasteiger partial charge in [-0.05, 0) is 6.42 Å². The van der Waals surface area contributed by atoms with Crippen molar-refractivity contribution in [2.45, 2.75) is 19.4 Å². The second-order valence-electron chi connectivity index (χ2n) is 3.29. The van der Waals surface area contributed by atoms with Gasteiger partial charge >= 0.3 is 11.9 Å². The smallest absolute Gasteiger partial charge is 0.334 e. The predicted molar refractivity (Wildman–Crippen MR) is 55.3 cm³/mol. The van der Waals surface area contributed by atoms with Crippen LogP contribution in [-0.4, -0.2) is 68.5 Å². The van der Waals surface area contributed by atoms with E-state index in [1.54, 1.807) is 6.92 Å². The molecule has 8 nitrogen and oxygen atoms in total. The Labute approximate surface area is 97.8 Å². The normalized spacial score (nSPS) is 12.3. The standard InChI is InChI=1S/C6H12O4.C3H6O4/c1-2-6(3-7,4-8)5(9)10;4-1-2(5)3(6)7/h7-8H,2-4H2,1H3,(H,9,10);2,4-5H,1H2,(H,6,7). The van der Waals surface area contributed by atoms with Gasteiger partial charge in [0.15, 0.2) is 6.10 Å². The average molecular weight is 254 g/mol. The minimum Gasteiger partial charge on any atom is -0.481 e. The van der Waals surface area contributed by atoms with Crippen molar-refractivity contribution in [2.75, 3.05) is 19.8 Å². The second-order valence-corrected chi connectivity index (χ2v) is 3.29. The van der Waals surface area contributed by atoms with Crippen molar-refractivity contribution >= 4 is 11.9 Å². The Kier molecular flexibility index (Phi) is 9.48. The third-order valence-electron chi connectivity index (χ3n) is 2.19. The molecule has 1 unspecified atom stereocenters. The molecule has 0 aromatic carbocycles. The molecular formula is C9H18O8. The van der Waals surface area contributed by atoms with Crippen LogP contribution < -0.4 is 0 Å². The Bertz CT molecular complexity index is 227. The van der Waals surface area contributed by atoms with E-state index in [0.717, 1.165) is 0 Å². The number of aliphatic hydroxyl groups excluding tert-OH is 4. The molecule has 6 N–H and O–H groups in total. The van der Waals surface area contributed by atoms with Gasteiger partial charge in [0.25, 0.3) is 0 Å². The van der Waals surface area contributed by atoms with Crippen molar-refractivity contribution < 1.29 is 40.2 Å². The summed E-state index contributed by atoms with van der Waals surface area (Å²) in [5.41, 5.74) is -1.35. The van der Waals surface area contributed by atoms with Crippen LogP contribution in [0.3, 0.4) is 0 Å². The van der Waals surface area contributed by atoms with Gasteiger partial charge in [0.1, 0.15) is 5.41 Å². The second kappa shape index (κ2) is 8.88. The van der Waals surface area contributed by atoms with Gasteiger partial charge < -0.3 is 30.6 Å². The number of carbonyl (C=O) groups is 2. The lowest BCUT2D eigenvalue weighted by Crippen LogP contribution is -2.37. The van der Waals surface area contributed by atoms with Crippen LogP contribution in [0, 0.1) is 5.41 Å². The maximum absolute atomic E-state index is 10.4. The topological polar surface area (TPSA) is 156 Å². The van der Waals surface area contributed by atoms with Crippen molar-refractivity contribution in [1.29, 1.82) is 0 Å². The van der Waals surface area contributed by atoms with Crippen LogP contribution in [0.1, 0.15) is 13.3 Å². The maximum atomic E-state index is 10.4. The first-order valence-electron chi connectivity index (χ1n) is 4.78. The molecule has 1 atom stereocenters. The molecule has 0 bridgehead atoms. The van der Waals surface area contributed by atoms with Gasteiger partial charge in [-0.25, -0.2) is 4.79 Å². The number of aliphatic hydroxyl groups is 4. The van der Waals surface area contributed by atoms with Gasteiger partial charge in [0.05, 0.1) is 19.8 Å². The highest BCUT2D eigenvalue weighted by Crippen LogP contribution is 2.19. The molecule has 0 aliphatic carbocycles. The minimum atomic E-state index is -1.63. The molecule has 0 fully saturated rings. The van der Waals surface area contributed by atoms with Gasteiger partial charge in [-0.2, -0.15) is 0 Å². The van der Waals surface area contributed by atoms with Crippen LogP contribution >= 0.6 is 0 Å². The first-order chi connectivity index (χ1) is 7.81. The molecule has 0 aromatic rings. The van der Waals surface area contributed by atoms with Gasteiger partial charge in [0.2, 0.25) is 0 Å². The molecular weight excluding hydrogens is 236 g/mol. The van der Waals surface area contributed by atoms with Gasteiger partial charge in [-0.3, -0.25) is 4.79 Å². The van der Waals surface area contributed by atoms with Crippen LogP contribution in [-0.2, 0) is 9.59 Å². The van der Waals surface area contributed by atoms with E-state index in [1.807, 2.05) is 0 Å². The van der Waals surface area contributed by atoms with Crippen molar-refractivity contribution in [2.24, 2.45) is 5.41 Å². The predicted octanol–water partition coefficient (Wildman–Crippen LogP) is -2.12. The molecule has 0 radical (unpaired) electrons. The van der Waals surface area contributed by atoms with E-state index in [9.17, 15) is 9.59 Å². The van der Waals surface area contributed by atoms with Gasteiger partial charge in [-0.1, -0.05) is 6.92 Å². The zero-order valence-electron chi connectivity index (χ0n) is 9.41. The highest BCUT2D eigenvalue weighted by molar-refractivity contribution is 5.74. The molecule has 0 aliphatic rings. The zero-order chi connectivity index (χ0) is 14.1. The number of hydrogen-bond acceptors (Lipinski definition) is 6. The number of rotatable bonds is 6. The molecule has 8 heteroatoms. The third kappa shape index (κ3) is 6.17. The number of carboxylic acids is 2. The molecule has 0 aliphatic heterocycles. The number of aliphatic carboxylic acids is 2. The fourth-order valence-corrected chi connectivity index (χ4v) is 0.638. The number of carboxylic acid groups (broad SMARTS) is 2. The minimum absolute atomic E-state index is 0.231. The van der Waals surface area contributed by atoms with E-state index in [-0.39, 0.29) is 6.42 Å². The van der Waals surface area contributed by atoms with Crippen molar-refractivity contribution in [3.8, 4) is 0 Å². The Balaban J connectivity index is 0. The van der Waals surface area contributed by atoms with Crippen LogP contribution in [0.15, 0.2) is 0 Å². The SMILES string of the molecule is CCC(CO)(CO)C(=O)O.O=C(O)C(O)CO. The summed E-state index contributed by atoms with van der Waals surface area (Å²) in [7, 11) is 0. The highest BCUT2D eigenvalue weighted by Gasteiger charge is 2.35. The van der Waals surface area contributed by atoms with Crippen LogP contribution in [0.5, 0.6) is 0 Å². The third-order valence-corrected chi connectivity index (χ3v) is 2.19. The molecule has 0 aromatic heterocycles. The summed E-state index contributed by atoms with van der Waals surface area (Å²) in [5.74, 6) is -2.55. The first kappa shape index (κ1) is 18.2. The average Bonchev–Trinajstić information content (AvgIpc) is 2.31. The van der Waals surface area contributed by atoms with E-state index in [1.165, 1.54) is 0 Å². The summed E-state index contributed by atoms with van der Waals surface area (Å²) in [6, 6.07) is 0. The van der Waals surface area contributed by atoms with Crippen molar-refractivity contribution in [3.63, 3.8) is 0 Å². The van der Waals surface area contributed by atoms with Crippen molar-refractivity contribution in [1.82, 2.24) is 0 Å². The van der Waals surface area contributed by atoms with Crippen LogP contribution in [0.25, 0.3) is 0 Å². The molecule has 0 saturated carbocycles. The van der Waals surface area contributed by atoms with Crippen LogP contribution in [0.2, 0.25) is 0 Å². The molecule has 0 amide bonds. The lowest BCUT2D eigenvalue weighted by atomic mass is 9.87. The lowest BCUT2D eigenvalue weighted by molar-refractivity contribution is -0.155. The Morgan fingerprint density at radius 2 is 1.53 bits per heavy atom. The van der Waals surface area contributed by atoms with Crippen molar-refractivity contribution in [3.05, 3.63) is 0 Å². The summed E-state index contributed by atoms with van der Waals surface area (Å²) in [6.07, 6.45) is -1.39. The molecule has 0 spiro atoms. The fourth-order valence-electron chi connectivity index (χ4n) is 0.638. The quantitative estimate of drug-likeness (QED) is 0.314. The maximum Gasteiger partial charge on any atom is 0.334 e. The summed E-state index contributed by atoms with van der Waals surface area (Å²) in [4.78, 5) is 19.9. The summed E-state index contributed by atoms with van der Waals surface area (Å²) in [6.45, 7) is -0.152. The van der Waals surface area contributed by atoms with Gasteiger partial charge in [0, 0.05) is 0 Å². The lowest BCUT2D eigenvalue weighted by Gasteiger charge is -2.21. The molecule has 0 heterocycles. The summed E-state index contributed by atoms with van der Waals surface area (Å²) < 4.78 is 0. The Hall–Kier alpha value is -1.22.